The third kappa shape index (κ3) is 6.21. The summed E-state index contributed by atoms with van der Waals surface area (Å²) < 4.78 is 23.1. The van der Waals surface area contributed by atoms with Crippen molar-refractivity contribution >= 4 is 105 Å². The molecule has 2 aliphatic carbocycles. The lowest BCUT2D eigenvalue weighted by Gasteiger charge is -2.25. The van der Waals surface area contributed by atoms with Gasteiger partial charge in [-0.3, -0.25) is 0 Å². The first-order valence-electron chi connectivity index (χ1n) is 11.3. The van der Waals surface area contributed by atoms with Gasteiger partial charge in [-0.25, -0.2) is 0 Å². The van der Waals surface area contributed by atoms with Crippen LogP contribution in [0.4, 0.5) is 0 Å². The fourth-order valence-corrected chi connectivity index (χ4v) is 6.78. The van der Waals surface area contributed by atoms with Crippen LogP contribution in [0.1, 0.15) is 13.8 Å². The number of hydrogen-bond donors (Lipinski definition) is 0. The Balaban J connectivity index is 1.43. The van der Waals surface area contributed by atoms with Gasteiger partial charge in [-0.05, 0) is 62.4 Å². The molecule has 0 aliphatic heterocycles. The average Bonchev–Trinajstić information content (AvgIpc) is 3.17. The van der Waals surface area contributed by atoms with Crippen molar-refractivity contribution in [2.75, 3.05) is 13.2 Å². The number of rotatable bonds is 10. The van der Waals surface area contributed by atoms with E-state index >= 15 is 0 Å². The van der Waals surface area contributed by atoms with Gasteiger partial charge in [0.1, 0.15) is 21.6 Å². The molecule has 0 radical (unpaired) electrons. The zero-order chi connectivity index (χ0) is 28.5. The third-order valence-electron chi connectivity index (χ3n) is 5.33. The second-order valence-electron chi connectivity index (χ2n) is 7.85. The Kier molecular flexibility index (Phi) is 10.4. The Hall–Kier alpha value is -0.410. The lowest BCUT2D eigenvalue weighted by molar-refractivity contribution is 0.0620. The Morgan fingerprint density at radius 1 is 0.564 bits per heavy atom. The van der Waals surface area contributed by atoms with Gasteiger partial charge in [0.15, 0.2) is 11.5 Å². The maximum Gasteiger partial charge on any atom is 0.239 e. The summed E-state index contributed by atoms with van der Waals surface area (Å²) in [5, 5.41) is -2.72. The first kappa shape index (κ1) is 31.5. The normalized spacial score (nSPS) is 23.4. The zero-order valence-corrected chi connectivity index (χ0v) is 27.0. The van der Waals surface area contributed by atoms with Gasteiger partial charge in [0, 0.05) is 23.0 Å². The number of benzene rings is 2. The molecule has 13 heteroatoms. The third-order valence-corrected chi connectivity index (χ3v) is 10.3. The highest BCUT2D eigenvalue weighted by Gasteiger charge is 2.49. The van der Waals surface area contributed by atoms with Gasteiger partial charge in [-0.15, -0.1) is 0 Å². The Morgan fingerprint density at radius 3 is 1.21 bits per heavy atom. The van der Waals surface area contributed by atoms with Gasteiger partial charge in [0.25, 0.3) is 0 Å². The fraction of sp³-hybridized carbons (Fsp3) is 0.231. The molecule has 0 spiro atoms. The number of halogens is 8. The van der Waals surface area contributed by atoms with Crippen molar-refractivity contribution in [2.24, 2.45) is 0 Å². The summed E-state index contributed by atoms with van der Waals surface area (Å²) in [5.41, 5.74) is 0. The molecule has 4 rings (SSSR count). The van der Waals surface area contributed by atoms with Crippen LogP contribution in [0.5, 0.6) is 11.5 Å². The van der Waals surface area contributed by atoms with E-state index in [1.807, 2.05) is 24.3 Å². The highest BCUT2D eigenvalue weighted by Crippen LogP contribution is 2.52. The van der Waals surface area contributed by atoms with Crippen LogP contribution in [-0.2, 0) is 9.47 Å². The summed E-state index contributed by atoms with van der Waals surface area (Å²) in [6, 6.07) is 14.6. The summed E-state index contributed by atoms with van der Waals surface area (Å²) in [6.07, 6.45) is 0. The van der Waals surface area contributed by atoms with Gasteiger partial charge in [0.05, 0.1) is 20.1 Å². The van der Waals surface area contributed by atoms with Crippen molar-refractivity contribution in [3.05, 3.63) is 90.2 Å². The topological polar surface area (TPSA) is 36.9 Å². The average molecular weight is 710 g/mol. The molecule has 4 nitrogen and oxygen atoms in total. The minimum absolute atomic E-state index is 0.0517. The summed E-state index contributed by atoms with van der Waals surface area (Å²) in [6.45, 7) is 4.07. The Labute approximate surface area is 270 Å². The summed E-state index contributed by atoms with van der Waals surface area (Å²) in [7, 11) is 0. The highest BCUT2D eigenvalue weighted by atomic mass is 35.5. The van der Waals surface area contributed by atoms with Crippen LogP contribution in [0, 0.1) is 0 Å². The van der Waals surface area contributed by atoms with Crippen LogP contribution in [0.15, 0.2) is 100 Å². The Morgan fingerprint density at radius 2 is 0.897 bits per heavy atom. The molecular formula is C26H18Cl8O4S. The molecule has 208 valence electrons. The van der Waals surface area contributed by atoms with Crippen molar-refractivity contribution in [3.8, 4) is 11.5 Å². The molecule has 0 aromatic heterocycles. The van der Waals surface area contributed by atoms with Gasteiger partial charge in [0.2, 0.25) is 10.1 Å². The van der Waals surface area contributed by atoms with Gasteiger partial charge < -0.3 is 18.9 Å². The van der Waals surface area contributed by atoms with Crippen LogP contribution >= 0.6 is 105 Å². The van der Waals surface area contributed by atoms with E-state index in [1.165, 1.54) is 11.8 Å². The number of alkyl halides is 2. The smallest absolute Gasteiger partial charge is 0.239 e. The van der Waals surface area contributed by atoms with Crippen LogP contribution in [0.3, 0.4) is 0 Å². The molecule has 2 atom stereocenters. The molecule has 0 saturated heterocycles. The van der Waals surface area contributed by atoms with Crippen molar-refractivity contribution in [3.63, 3.8) is 0 Å². The van der Waals surface area contributed by atoms with Crippen molar-refractivity contribution < 1.29 is 18.9 Å². The first-order valence-corrected chi connectivity index (χ1v) is 15.1. The largest absolute Gasteiger partial charge is 0.455 e. The first-order chi connectivity index (χ1) is 18.5. The maximum atomic E-state index is 6.57. The predicted octanol–water partition coefficient (Wildman–Crippen LogP) is 10.8. The second kappa shape index (κ2) is 12.8. The fourth-order valence-electron chi connectivity index (χ4n) is 3.56. The summed E-state index contributed by atoms with van der Waals surface area (Å²) >= 11 is 52.2. The number of hydrogen-bond acceptors (Lipinski definition) is 5. The van der Waals surface area contributed by atoms with E-state index in [4.69, 9.17) is 112 Å². The Bertz CT molecular complexity index is 1280. The molecule has 0 fully saturated rings. The summed E-state index contributed by atoms with van der Waals surface area (Å²) in [4.78, 5) is 1.89. The molecular weight excluding hydrogens is 692 g/mol. The van der Waals surface area contributed by atoms with Crippen LogP contribution in [0.25, 0.3) is 0 Å². The quantitative estimate of drug-likeness (QED) is 0.230. The van der Waals surface area contributed by atoms with Gasteiger partial charge in [-0.2, -0.15) is 0 Å². The van der Waals surface area contributed by atoms with Gasteiger partial charge >= 0.3 is 0 Å². The predicted molar refractivity (Wildman–Crippen MR) is 162 cm³/mol. The molecule has 39 heavy (non-hydrogen) atoms. The minimum atomic E-state index is -1.58. The lowest BCUT2D eigenvalue weighted by atomic mass is 10.3. The highest BCUT2D eigenvalue weighted by molar-refractivity contribution is 7.99. The standard InChI is InChI=1S/C26H18Cl8O4S/c1-3-35-25(33)21(31)17(27)19(29)23(25)37-13-5-9-15(10-6-13)39-16-11-7-14(8-12-16)38-24-20(30)18(28)22(32)26(24,34)36-4-2/h5-12H,3-4H2,1-2H3. The lowest BCUT2D eigenvalue weighted by Crippen LogP contribution is -2.29. The van der Waals surface area contributed by atoms with E-state index in [-0.39, 0.29) is 54.9 Å². The second-order valence-corrected chi connectivity index (χ2v) is 12.3. The molecule has 0 N–H and O–H groups in total. The zero-order valence-electron chi connectivity index (χ0n) is 20.1. The monoisotopic (exact) mass is 706 g/mol. The van der Waals surface area contributed by atoms with Crippen molar-refractivity contribution in [1.29, 1.82) is 0 Å². The van der Waals surface area contributed by atoms with E-state index < -0.39 is 10.1 Å². The maximum absolute atomic E-state index is 6.57. The summed E-state index contributed by atoms with van der Waals surface area (Å²) in [5.74, 6) is 1.17. The molecule has 0 heterocycles. The molecule has 0 amide bonds. The van der Waals surface area contributed by atoms with E-state index in [0.717, 1.165) is 9.79 Å². The van der Waals surface area contributed by atoms with E-state index in [0.29, 0.717) is 11.5 Å². The number of ether oxygens (including phenoxy) is 4. The van der Waals surface area contributed by atoms with E-state index in [1.54, 1.807) is 38.1 Å². The minimum Gasteiger partial charge on any atom is -0.455 e. The molecule has 0 bridgehead atoms. The van der Waals surface area contributed by atoms with E-state index in [9.17, 15) is 0 Å². The van der Waals surface area contributed by atoms with Crippen LogP contribution < -0.4 is 9.47 Å². The molecule has 2 aromatic carbocycles. The SMILES string of the molecule is CCOC1(Cl)C(Cl)=C(Cl)C(Cl)=C1Oc1ccc(Sc2ccc(OC3=C(Cl)C(Cl)=C(Cl)C3(Cl)OCC)cc2)cc1. The van der Waals surface area contributed by atoms with E-state index in [2.05, 4.69) is 0 Å². The number of allylic oxidation sites excluding steroid dienone is 4. The molecule has 2 aromatic rings. The van der Waals surface area contributed by atoms with Crippen LogP contribution in [0.2, 0.25) is 0 Å². The van der Waals surface area contributed by atoms with Crippen molar-refractivity contribution in [1.82, 2.24) is 0 Å². The van der Waals surface area contributed by atoms with Crippen LogP contribution in [-0.4, -0.2) is 23.3 Å². The van der Waals surface area contributed by atoms with Crippen molar-refractivity contribution in [2.45, 2.75) is 33.8 Å². The molecule has 2 unspecified atom stereocenters. The van der Waals surface area contributed by atoms with Gasteiger partial charge in [-0.1, -0.05) is 105 Å². The molecule has 2 aliphatic rings. The molecule has 0 saturated carbocycles.